The third-order valence-corrected chi connectivity index (χ3v) is 4.33. The molecule has 0 spiro atoms. The minimum Gasteiger partial charge on any atom is -0.544 e. The summed E-state index contributed by atoms with van der Waals surface area (Å²) in [5, 5.41) is 2.29. The number of hydrogen-bond donors (Lipinski definition) is 0. The average Bonchev–Trinajstić information content (AvgIpc) is 2.25. The van der Waals surface area contributed by atoms with E-state index in [0.29, 0.717) is 0 Å². The summed E-state index contributed by atoms with van der Waals surface area (Å²) in [7, 11) is -3.28. The number of rotatable bonds is 4. The first-order chi connectivity index (χ1) is 9.16. The molecule has 0 bridgehead atoms. The molecule has 0 amide bonds. The van der Waals surface area contributed by atoms with Crippen molar-refractivity contribution in [1.82, 2.24) is 0 Å². The zero-order valence-electron chi connectivity index (χ0n) is 13.3. The van der Waals surface area contributed by atoms with Gasteiger partial charge in [0.05, 0.1) is 5.39 Å². The highest BCUT2D eigenvalue weighted by molar-refractivity contribution is 6.71. The monoisotopic (exact) mass is 304 g/mol. The van der Waals surface area contributed by atoms with Gasteiger partial charge in [-0.3, -0.25) is 0 Å². The molecule has 0 heterocycles. The Balaban J connectivity index is 2.58. The summed E-state index contributed by atoms with van der Waals surface area (Å²) >= 11 is 0. The first kappa shape index (κ1) is 15.1. The van der Waals surface area contributed by atoms with Gasteiger partial charge in [0.2, 0.25) is 16.6 Å². The van der Waals surface area contributed by atoms with Crippen molar-refractivity contribution in [1.29, 1.82) is 0 Å². The van der Waals surface area contributed by atoms with Crippen molar-refractivity contribution in [2.24, 2.45) is 0 Å². The first-order valence-electron chi connectivity index (χ1n) is 7.05. The number of hydrogen-bond acceptors (Lipinski definition) is 2. The Labute approximate surface area is 124 Å². The van der Waals surface area contributed by atoms with Crippen LogP contribution >= 0.6 is 0 Å². The lowest BCUT2D eigenvalue weighted by molar-refractivity contribution is 0.547. The highest BCUT2D eigenvalue weighted by Gasteiger charge is 2.21. The molecule has 108 valence electrons. The van der Waals surface area contributed by atoms with Crippen molar-refractivity contribution < 1.29 is 8.85 Å². The van der Waals surface area contributed by atoms with E-state index in [4.69, 9.17) is 8.85 Å². The molecule has 0 fully saturated rings. The minimum absolute atomic E-state index is 0.954. The third-order valence-electron chi connectivity index (χ3n) is 2.66. The summed E-state index contributed by atoms with van der Waals surface area (Å²) in [5.74, 6) is 1.91. The molecular weight excluding hydrogens is 280 g/mol. The second kappa shape index (κ2) is 5.26. The van der Waals surface area contributed by atoms with Gasteiger partial charge in [0.1, 0.15) is 11.5 Å². The topological polar surface area (TPSA) is 18.5 Å². The van der Waals surface area contributed by atoms with Gasteiger partial charge in [0.25, 0.3) is 0 Å². The summed E-state index contributed by atoms with van der Waals surface area (Å²) in [5.41, 5.74) is 0. The maximum absolute atomic E-state index is 6.24. The molecule has 0 saturated carbocycles. The molecule has 2 nitrogen and oxygen atoms in total. The fraction of sp³-hybridized carbons (Fsp3) is 0.375. The van der Waals surface area contributed by atoms with Crippen molar-refractivity contribution in [3.8, 4) is 11.5 Å². The maximum atomic E-state index is 6.24. The number of fused-ring (bicyclic) bond motifs is 1. The van der Waals surface area contributed by atoms with Crippen LogP contribution in [0.1, 0.15) is 0 Å². The van der Waals surface area contributed by atoms with Crippen LogP contribution in [0.25, 0.3) is 10.8 Å². The second-order valence-electron chi connectivity index (χ2n) is 7.04. The van der Waals surface area contributed by atoms with Crippen LogP contribution < -0.4 is 8.85 Å². The van der Waals surface area contributed by atoms with Crippen molar-refractivity contribution in [3.05, 3.63) is 36.4 Å². The molecule has 0 unspecified atom stereocenters. The smallest absolute Gasteiger partial charge is 0.242 e. The zero-order valence-corrected chi connectivity index (χ0v) is 15.3. The Morgan fingerprint density at radius 3 is 1.40 bits per heavy atom. The van der Waals surface area contributed by atoms with Crippen molar-refractivity contribution >= 4 is 27.4 Å². The van der Waals surface area contributed by atoms with Crippen LogP contribution in [0.2, 0.25) is 39.3 Å². The third kappa shape index (κ3) is 3.87. The van der Waals surface area contributed by atoms with Crippen LogP contribution in [0, 0.1) is 0 Å². The summed E-state index contributed by atoms with van der Waals surface area (Å²) in [6, 6.07) is 12.4. The Morgan fingerprint density at radius 1 is 0.650 bits per heavy atom. The fourth-order valence-electron chi connectivity index (χ4n) is 2.10. The normalized spacial score (nSPS) is 12.5. The quantitative estimate of drug-likeness (QED) is 0.717. The molecule has 2 aromatic rings. The average molecular weight is 305 g/mol. The standard InChI is InChI=1S/C16H24O2Si2/c1-19(2,3)17-14-11-7-9-13-10-8-12-15(16(13)14)18-20(4,5)6/h7-12H,1-6H3. The van der Waals surface area contributed by atoms with E-state index in [2.05, 4.69) is 75.7 Å². The predicted molar refractivity (Wildman–Crippen MR) is 91.9 cm³/mol. The summed E-state index contributed by atoms with van der Waals surface area (Å²) in [6.07, 6.45) is 0. The van der Waals surface area contributed by atoms with Gasteiger partial charge >= 0.3 is 0 Å². The lowest BCUT2D eigenvalue weighted by atomic mass is 10.1. The molecular formula is C16H24O2Si2. The van der Waals surface area contributed by atoms with Gasteiger partial charge in [0.15, 0.2) is 0 Å². The van der Waals surface area contributed by atoms with Gasteiger partial charge in [-0.05, 0) is 56.8 Å². The Kier molecular flexibility index (Phi) is 3.98. The molecule has 0 aliphatic heterocycles. The molecule has 0 radical (unpaired) electrons. The summed E-state index contributed by atoms with van der Waals surface area (Å²) in [4.78, 5) is 0. The van der Waals surface area contributed by atoms with Gasteiger partial charge in [-0.15, -0.1) is 0 Å². The van der Waals surface area contributed by atoms with Gasteiger partial charge in [0, 0.05) is 0 Å². The van der Waals surface area contributed by atoms with Crippen LogP contribution in [0.3, 0.4) is 0 Å². The van der Waals surface area contributed by atoms with Gasteiger partial charge in [-0.2, -0.15) is 0 Å². The minimum atomic E-state index is -1.64. The van der Waals surface area contributed by atoms with Crippen molar-refractivity contribution in [2.45, 2.75) is 39.3 Å². The van der Waals surface area contributed by atoms with Crippen molar-refractivity contribution in [2.75, 3.05) is 0 Å². The fourth-order valence-corrected chi connectivity index (χ4v) is 3.76. The van der Waals surface area contributed by atoms with Crippen LogP contribution in [0.15, 0.2) is 36.4 Å². The molecule has 0 N–H and O–H groups in total. The van der Waals surface area contributed by atoms with Gasteiger partial charge < -0.3 is 8.85 Å². The highest BCUT2D eigenvalue weighted by atomic mass is 28.4. The largest absolute Gasteiger partial charge is 0.544 e. The van der Waals surface area contributed by atoms with E-state index in [1.807, 2.05) is 0 Å². The van der Waals surface area contributed by atoms with Crippen LogP contribution in [0.4, 0.5) is 0 Å². The summed E-state index contributed by atoms with van der Waals surface area (Å²) in [6.45, 7) is 13.2. The maximum Gasteiger partial charge on any atom is 0.242 e. The van der Waals surface area contributed by atoms with Gasteiger partial charge in [-0.25, -0.2) is 0 Å². The van der Waals surface area contributed by atoms with Crippen LogP contribution in [-0.4, -0.2) is 16.6 Å². The van der Waals surface area contributed by atoms with Gasteiger partial charge in [-0.1, -0.05) is 24.3 Å². The van der Waals surface area contributed by atoms with E-state index in [9.17, 15) is 0 Å². The Bertz CT molecular complexity index is 559. The lowest BCUT2D eigenvalue weighted by Gasteiger charge is -2.24. The van der Waals surface area contributed by atoms with E-state index >= 15 is 0 Å². The number of benzene rings is 2. The summed E-state index contributed by atoms with van der Waals surface area (Å²) < 4.78 is 12.5. The van der Waals surface area contributed by atoms with E-state index in [0.717, 1.165) is 16.9 Å². The second-order valence-corrected chi connectivity index (χ2v) is 15.9. The lowest BCUT2D eigenvalue weighted by Crippen LogP contribution is -2.30. The van der Waals surface area contributed by atoms with E-state index in [1.54, 1.807) is 0 Å². The van der Waals surface area contributed by atoms with Crippen LogP contribution in [-0.2, 0) is 0 Å². The highest BCUT2D eigenvalue weighted by Crippen LogP contribution is 2.36. The molecule has 0 saturated heterocycles. The SMILES string of the molecule is C[Si](C)(C)Oc1cccc2cccc(O[Si](C)(C)C)c12. The zero-order chi connectivity index (χ0) is 15.0. The molecule has 2 rings (SSSR count). The Morgan fingerprint density at radius 2 is 1.05 bits per heavy atom. The van der Waals surface area contributed by atoms with E-state index in [1.165, 1.54) is 5.39 Å². The van der Waals surface area contributed by atoms with E-state index in [-0.39, 0.29) is 0 Å². The molecule has 4 heteroatoms. The molecule has 0 aromatic heterocycles. The van der Waals surface area contributed by atoms with Crippen molar-refractivity contribution in [3.63, 3.8) is 0 Å². The van der Waals surface area contributed by atoms with Crippen LogP contribution in [0.5, 0.6) is 11.5 Å². The molecule has 0 atom stereocenters. The van der Waals surface area contributed by atoms with E-state index < -0.39 is 16.6 Å². The predicted octanol–water partition coefficient (Wildman–Crippen LogP) is 5.27. The molecule has 0 aliphatic rings. The Hall–Kier alpha value is -1.27. The molecule has 0 aliphatic carbocycles. The molecule has 20 heavy (non-hydrogen) atoms. The first-order valence-corrected chi connectivity index (χ1v) is 13.9. The molecule has 2 aromatic carbocycles.